The maximum absolute atomic E-state index is 12.1. The van der Waals surface area contributed by atoms with Crippen molar-refractivity contribution in [1.29, 1.82) is 0 Å². The summed E-state index contributed by atoms with van der Waals surface area (Å²) in [4.78, 5) is 16.5. The lowest BCUT2D eigenvalue weighted by molar-refractivity contribution is -0.117. The number of rotatable bonds is 2. The number of aliphatic hydroxyl groups excluding tert-OH is 1. The predicted molar refractivity (Wildman–Crippen MR) is 68.4 cm³/mol. The van der Waals surface area contributed by atoms with Crippen molar-refractivity contribution in [2.45, 2.75) is 46.0 Å². The summed E-state index contributed by atoms with van der Waals surface area (Å²) in [6.45, 7) is 5.01. The zero-order valence-corrected chi connectivity index (χ0v) is 10.7. The van der Waals surface area contributed by atoms with Crippen molar-refractivity contribution in [3.63, 3.8) is 0 Å². The van der Waals surface area contributed by atoms with E-state index in [4.69, 9.17) is 0 Å². The first-order valence-electron chi connectivity index (χ1n) is 6.58. The van der Waals surface area contributed by atoms with Crippen LogP contribution in [0.25, 0.3) is 0 Å². The largest absolute Gasteiger partial charge is 0.511 e. The molecule has 0 aromatic rings. The maximum atomic E-state index is 12.1. The lowest BCUT2D eigenvalue weighted by Gasteiger charge is -2.27. The van der Waals surface area contributed by atoms with E-state index in [9.17, 15) is 9.90 Å². The lowest BCUT2D eigenvalue weighted by Crippen LogP contribution is -2.27. The predicted octanol–water partition coefficient (Wildman–Crippen LogP) is 3.06. The first-order valence-corrected chi connectivity index (χ1v) is 6.58. The fourth-order valence-corrected chi connectivity index (χ4v) is 2.62. The average molecular weight is 235 g/mol. The SMILES string of the molecule is CC(C)C1CC(=O)C(C2=NCCCC2)=C(O)C1. The number of aliphatic imine (C=N–C) groups is 1. The van der Waals surface area contributed by atoms with E-state index in [1.807, 2.05) is 0 Å². The van der Waals surface area contributed by atoms with Crippen LogP contribution >= 0.6 is 0 Å². The highest BCUT2D eigenvalue weighted by Crippen LogP contribution is 2.32. The Hall–Kier alpha value is -1.12. The molecule has 1 atom stereocenters. The van der Waals surface area contributed by atoms with Crippen LogP contribution in [0.5, 0.6) is 0 Å². The van der Waals surface area contributed by atoms with Gasteiger partial charge in [0, 0.05) is 25.1 Å². The summed E-state index contributed by atoms with van der Waals surface area (Å²) in [5, 5.41) is 10.1. The van der Waals surface area contributed by atoms with E-state index in [-0.39, 0.29) is 17.5 Å². The summed E-state index contributed by atoms with van der Waals surface area (Å²) in [5.41, 5.74) is 1.39. The highest BCUT2D eigenvalue weighted by Gasteiger charge is 2.31. The molecule has 0 bridgehead atoms. The zero-order valence-electron chi connectivity index (χ0n) is 10.7. The molecule has 1 aliphatic carbocycles. The number of carbonyl (C=O) groups is 1. The van der Waals surface area contributed by atoms with Crippen molar-refractivity contribution >= 4 is 11.5 Å². The first kappa shape index (κ1) is 12.3. The second-order valence-electron chi connectivity index (χ2n) is 5.44. The number of aliphatic hydroxyl groups is 1. The van der Waals surface area contributed by atoms with Crippen LogP contribution in [-0.4, -0.2) is 23.1 Å². The standard InChI is InChI=1S/C14H21NO2/c1-9(2)10-7-12(16)14(13(17)8-10)11-5-3-4-6-15-11/h9-10,16H,3-8H2,1-2H3. The number of nitrogens with zero attached hydrogens (tertiary/aromatic N) is 1. The molecule has 0 saturated heterocycles. The Bertz CT molecular complexity index is 380. The van der Waals surface area contributed by atoms with E-state index in [1.54, 1.807) is 0 Å². The third kappa shape index (κ3) is 2.59. The van der Waals surface area contributed by atoms with Crippen molar-refractivity contribution in [3.05, 3.63) is 11.3 Å². The van der Waals surface area contributed by atoms with E-state index >= 15 is 0 Å². The molecule has 3 heteroatoms. The van der Waals surface area contributed by atoms with Gasteiger partial charge >= 0.3 is 0 Å². The second kappa shape index (κ2) is 5.03. The van der Waals surface area contributed by atoms with Gasteiger partial charge in [-0.1, -0.05) is 13.8 Å². The third-order valence-electron chi connectivity index (χ3n) is 3.83. The number of allylic oxidation sites excluding steroid dienone is 2. The van der Waals surface area contributed by atoms with E-state index in [1.165, 1.54) is 0 Å². The van der Waals surface area contributed by atoms with Crippen molar-refractivity contribution in [2.75, 3.05) is 6.54 Å². The molecule has 0 aromatic carbocycles. The molecule has 0 amide bonds. The minimum atomic E-state index is 0.0908. The lowest BCUT2D eigenvalue weighted by atomic mass is 9.78. The highest BCUT2D eigenvalue weighted by molar-refractivity contribution is 6.23. The fourth-order valence-electron chi connectivity index (χ4n) is 2.62. The molecule has 1 unspecified atom stereocenters. The molecule has 0 spiro atoms. The molecule has 1 N–H and O–H groups in total. The number of hydrogen-bond donors (Lipinski definition) is 1. The summed E-state index contributed by atoms with van der Waals surface area (Å²) in [7, 11) is 0. The van der Waals surface area contributed by atoms with E-state index in [0.717, 1.165) is 31.5 Å². The smallest absolute Gasteiger partial charge is 0.168 e. The van der Waals surface area contributed by atoms with Crippen LogP contribution in [0.1, 0.15) is 46.0 Å². The monoisotopic (exact) mass is 235 g/mol. The van der Waals surface area contributed by atoms with Gasteiger partial charge < -0.3 is 5.11 Å². The average Bonchev–Trinajstić information content (AvgIpc) is 2.29. The van der Waals surface area contributed by atoms with Crippen LogP contribution in [0, 0.1) is 11.8 Å². The normalized spacial score (nSPS) is 26.4. The molecule has 1 heterocycles. The van der Waals surface area contributed by atoms with Gasteiger partial charge in [-0.15, -0.1) is 0 Å². The van der Waals surface area contributed by atoms with Crippen molar-refractivity contribution in [2.24, 2.45) is 16.8 Å². The summed E-state index contributed by atoms with van der Waals surface area (Å²) >= 11 is 0. The summed E-state index contributed by atoms with van der Waals surface area (Å²) in [6.07, 6.45) is 4.22. The van der Waals surface area contributed by atoms with Crippen LogP contribution in [0.4, 0.5) is 0 Å². The van der Waals surface area contributed by atoms with Gasteiger partial charge in [0.2, 0.25) is 0 Å². The minimum absolute atomic E-state index is 0.0908. The Balaban J connectivity index is 2.24. The van der Waals surface area contributed by atoms with Crippen molar-refractivity contribution < 1.29 is 9.90 Å². The van der Waals surface area contributed by atoms with Crippen molar-refractivity contribution in [1.82, 2.24) is 0 Å². The Morgan fingerprint density at radius 2 is 2.06 bits per heavy atom. The zero-order chi connectivity index (χ0) is 12.4. The number of Topliss-reactive ketones (excluding diaryl/α,β-unsaturated/α-hetero) is 1. The summed E-state index contributed by atoms with van der Waals surface area (Å²) in [6, 6.07) is 0. The van der Waals surface area contributed by atoms with Gasteiger partial charge in [0.05, 0.1) is 5.57 Å². The Morgan fingerprint density at radius 1 is 1.29 bits per heavy atom. The number of carbonyl (C=O) groups excluding carboxylic acids is 1. The van der Waals surface area contributed by atoms with Crippen molar-refractivity contribution in [3.8, 4) is 0 Å². The molecule has 2 rings (SSSR count). The van der Waals surface area contributed by atoms with Gasteiger partial charge in [-0.25, -0.2) is 0 Å². The second-order valence-corrected chi connectivity index (χ2v) is 5.44. The first-order chi connectivity index (χ1) is 8.09. The van der Waals surface area contributed by atoms with E-state index in [2.05, 4.69) is 18.8 Å². The number of hydrogen-bond acceptors (Lipinski definition) is 3. The molecular formula is C14H21NO2. The van der Waals surface area contributed by atoms with Gasteiger partial charge in [-0.05, 0) is 31.1 Å². The van der Waals surface area contributed by atoms with Gasteiger partial charge in [0.25, 0.3) is 0 Å². The quantitative estimate of drug-likeness (QED) is 0.799. The van der Waals surface area contributed by atoms with Crippen LogP contribution in [0.15, 0.2) is 16.3 Å². The summed E-state index contributed by atoms with van der Waals surface area (Å²) < 4.78 is 0. The van der Waals surface area contributed by atoms with E-state index in [0.29, 0.717) is 24.3 Å². The Morgan fingerprint density at radius 3 is 2.59 bits per heavy atom. The molecular weight excluding hydrogens is 214 g/mol. The fraction of sp³-hybridized carbons (Fsp3) is 0.714. The molecule has 2 aliphatic rings. The maximum Gasteiger partial charge on any atom is 0.168 e. The van der Waals surface area contributed by atoms with Gasteiger partial charge in [0.15, 0.2) is 5.78 Å². The molecule has 0 aromatic heterocycles. The highest BCUT2D eigenvalue weighted by atomic mass is 16.3. The third-order valence-corrected chi connectivity index (χ3v) is 3.83. The molecule has 0 radical (unpaired) electrons. The molecule has 17 heavy (non-hydrogen) atoms. The summed E-state index contributed by atoms with van der Waals surface area (Å²) in [5.74, 6) is 1.10. The minimum Gasteiger partial charge on any atom is -0.511 e. The number of ketones is 1. The van der Waals surface area contributed by atoms with Crippen LogP contribution in [-0.2, 0) is 4.79 Å². The molecule has 1 aliphatic heterocycles. The van der Waals surface area contributed by atoms with Crippen LogP contribution in [0.3, 0.4) is 0 Å². The molecule has 0 fully saturated rings. The van der Waals surface area contributed by atoms with Gasteiger partial charge in [0.1, 0.15) is 5.76 Å². The topological polar surface area (TPSA) is 49.7 Å². The molecule has 0 saturated carbocycles. The van der Waals surface area contributed by atoms with Crippen LogP contribution < -0.4 is 0 Å². The Labute approximate surface area is 103 Å². The molecule has 94 valence electrons. The van der Waals surface area contributed by atoms with Gasteiger partial charge in [-0.2, -0.15) is 0 Å². The molecule has 3 nitrogen and oxygen atoms in total. The van der Waals surface area contributed by atoms with E-state index < -0.39 is 0 Å². The van der Waals surface area contributed by atoms with Crippen LogP contribution in [0.2, 0.25) is 0 Å². The van der Waals surface area contributed by atoms with Gasteiger partial charge in [-0.3, -0.25) is 9.79 Å². The Kier molecular flexibility index (Phi) is 3.65.